The van der Waals surface area contributed by atoms with Gasteiger partial charge in [-0.2, -0.15) is 0 Å². The fraction of sp³-hybridized carbons (Fsp3) is 0.385. The Morgan fingerprint density at radius 1 is 1.09 bits per heavy atom. The van der Waals surface area contributed by atoms with E-state index in [1.807, 2.05) is 19.9 Å². The van der Waals surface area contributed by atoms with Crippen LogP contribution in [-0.4, -0.2) is 47.7 Å². The average Bonchev–Trinajstić information content (AvgIpc) is 3.28. The normalized spacial score (nSPS) is 15.3. The van der Waals surface area contributed by atoms with Crippen molar-refractivity contribution in [2.24, 2.45) is 0 Å². The molecular formula is C26H34N4O2. The Labute approximate surface area is 191 Å². The number of anilines is 1. The molecule has 3 heterocycles. The van der Waals surface area contributed by atoms with E-state index in [4.69, 9.17) is 9.15 Å². The first kappa shape index (κ1) is 23.5. The second-order valence-electron chi connectivity index (χ2n) is 7.75. The highest BCUT2D eigenvalue weighted by Crippen LogP contribution is 2.22. The number of aromatic nitrogens is 2. The lowest BCUT2D eigenvalue weighted by Crippen LogP contribution is -2.46. The molecule has 3 rings (SSSR count). The fourth-order valence-electron chi connectivity index (χ4n) is 3.48. The molecule has 170 valence electrons. The van der Waals surface area contributed by atoms with Crippen molar-refractivity contribution in [2.45, 2.75) is 33.7 Å². The Morgan fingerprint density at radius 2 is 1.81 bits per heavy atom. The van der Waals surface area contributed by atoms with E-state index in [1.54, 1.807) is 12.4 Å². The van der Waals surface area contributed by atoms with Crippen LogP contribution in [0.1, 0.15) is 44.3 Å². The van der Waals surface area contributed by atoms with Crippen LogP contribution in [0.2, 0.25) is 0 Å². The monoisotopic (exact) mass is 434 g/mol. The van der Waals surface area contributed by atoms with Gasteiger partial charge in [-0.25, -0.2) is 9.97 Å². The first-order chi connectivity index (χ1) is 15.5. The molecular weight excluding hydrogens is 400 g/mol. The topological polar surface area (TPSA) is 54.6 Å². The van der Waals surface area contributed by atoms with E-state index in [-0.39, 0.29) is 0 Å². The summed E-state index contributed by atoms with van der Waals surface area (Å²) in [7, 11) is 0. The van der Waals surface area contributed by atoms with Crippen LogP contribution in [-0.2, 0) is 11.3 Å². The number of rotatable bonds is 10. The lowest BCUT2D eigenvalue weighted by atomic mass is 10.1. The van der Waals surface area contributed by atoms with E-state index in [1.165, 1.54) is 0 Å². The van der Waals surface area contributed by atoms with Crippen LogP contribution in [0.25, 0.3) is 11.3 Å². The summed E-state index contributed by atoms with van der Waals surface area (Å²) in [5.41, 5.74) is 2.99. The zero-order valence-electron chi connectivity index (χ0n) is 19.5. The first-order valence-electron chi connectivity index (χ1n) is 11.3. The van der Waals surface area contributed by atoms with Crippen molar-refractivity contribution in [1.29, 1.82) is 0 Å². The second-order valence-corrected chi connectivity index (χ2v) is 7.75. The van der Waals surface area contributed by atoms with Gasteiger partial charge in [0.2, 0.25) is 5.95 Å². The van der Waals surface area contributed by atoms with Crippen LogP contribution < -0.4 is 4.90 Å². The van der Waals surface area contributed by atoms with Crippen molar-refractivity contribution >= 4 is 17.3 Å². The molecule has 32 heavy (non-hydrogen) atoms. The van der Waals surface area contributed by atoms with Crippen molar-refractivity contribution in [1.82, 2.24) is 14.9 Å². The minimum absolute atomic E-state index is 0.584. The molecule has 0 atom stereocenters. The van der Waals surface area contributed by atoms with Gasteiger partial charge in [0.05, 0.1) is 18.7 Å². The van der Waals surface area contributed by atoms with E-state index in [0.29, 0.717) is 12.4 Å². The number of allylic oxidation sites excluding steroid dienone is 5. The molecule has 1 aliphatic heterocycles. The summed E-state index contributed by atoms with van der Waals surface area (Å²) >= 11 is 0. The standard InChI is InChI=1S/C26H34N4O2/c1-6-20(4)9-10-22(7-2)25-12-11-24(32-25)19-29-13-15-30(16-14-29)26-27-17-23(18-28-26)21(5)31-8-3/h7,9-12,17-18H,4-6,8,13-16,19H2,1-3H3/b10-9-,22-7+. The van der Waals surface area contributed by atoms with Crippen molar-refractivity contribution in [3.05, 3.63) is 78.6 Å². The van der Waals surface area contributed by atoms with Crippen molar-refractivity contribution in [2.75, 3.05) is 37.7 Å². The molecule has 6 heteroatoms. The van der Waals surface area contributed by atoms with Gasteiger partial charge in [0.1, 0.15) is 17.3 Å². The largest absolute Gasteiger partial charge is 0.494 e. The van der Waals surface area contributed by atoms with E-state index in [9.17, 15) is 0 Å². The molecule has 0 N–H and O–H groups in total. The number of hydrogen-bond donors (Lipinski definition) is 0. The van der Waals surface area contributed by atoms with Gasteiger partial charge in [0.15, 0.2) is 0 Å². The number of hydrogen-bond acceptors (Lipinski definition) is 6. The van der Waals surface area contributed by atoms with Gasteiger partial charge in [-0.3, -0.25) is 4.90 Å². The highest BCUT2D eigenvalue weighted by molar-refractivity contribution is 5.71. The Kier molecular flexibility index (Phi) is 8.45. The molecule has 1 saturated heterocycles. The molecule has 0 amide bonds. The molecule has 0 saturated carbocycles. The summed E-state index contributed by atoms with van der Waals surface area (Å²) in [6, 6.07) is 4.12. The minimum atomic E-state index is 0.584. The highest BCUT2D eigenvalue weighted by atomic mass is 16.5. The van der Waals surface area contributed by atoms with Gasteiger partial charge >= 0.3 is 0 Å². The summed E-state index contributed by atoms with van der Waals surface area (Å²) in [6.07, 6.45) is 10.7. The smallest absolute Gasteiger partial charge is 0.225 e. The number of piperazine rings is 1. The van der Waals surface area contributed by atoms with Gasteiger partial charge in [0.25, 0.3) is 0 Å². The SMILES string of the molecule is C=C(/C=C\C(=C/C)c1ccc(CN2CCN(c3ncc(C(=C)OCC)cn3)CC2)o1)CC. The van der Waals surface area contributed by atoms with Crippen LogP contribution >= 0.6 is 0 Å². The quantitative estimate of drug-likeness (QED) is 0.372. The second kappa shape index (κ2) is 11.5. The van der Waals surface area contributed by atoms with Gasteiger partial charge in [-0.15, -0.1) is 0 Å². The molecule has 1 fully saturated rings. The Hall–Kier alpha value is -3.12. The molecule has 0 bridgehead atoms. The number of furan rings is 1. The third-order valence-electron chi connectivity index (χ3n) is 5.52. The fourth-order valence-corrected chi connectivity index (χ4v) is 3.48. The minimum Gasteiger partial charge on any atom is -0.494 e. The summed E-state index contributed by atoms with van der Waals surface area (Å²) < 4.78 is 11.5. The molecule has 6 nitrogen and oxygen atoms in total. The third kappa shape index (κ3) is 6.20. The van der Waals surface area contributed by atoms with Crippen LogP contribution in [0.4, 0.5) is 5.95 Å². The molecule has 1 aliphatic rings. The summed E-state index contributed by atoms with van der Waals surface area (Å²) in [5, 5.41) is 0. The molecule has 0 radical (unpaired) electrons. The summed E-state index contributed by atoms with van der Waals surface area (Å²) in [4.78, 5) is 13.6. The lowest BCUT2D eigenvalue weighted by Gasteiger charge is -2.34. The van der Waals surface area contributed by atoms with E-state index >= 15 is 0 Å². The van der Waals surface area contributed by atoms with Crippen molar-refractivity contribution < 1.29 is 9.15 Å². The predicted octanol–water partition coefficient (Wildman–Crippen LogP) is 5.32. The van der Waals surface area contributed by atoms with E-state index < -0.39 is 0 Å². The predicted molar refractivity (Wildman–Crippen MR) is 131 cm³/mol. The molecule has 0 unspecified atom stereocenters. The highest BCUT2D eigenvalue weighted by Gasteiger charge is 2.20. The third-order valence-corrected chi connectivity index (χ3v) is 5.52. The average molecular weight is 435 g/mol. The molecule has 0 aliphatic carbocycles. The maximum atomic E-state index is 6.12. The lowest BCUT2D eigenvalue weighted by molar-refractivity contribution is 0.229. The van der Waals surface area contributed by atoms with E-state index in [2.05, 4.69) is 64.1 Å². The first-order valence-corrected chi connectivity index (χ1v) is 11.3. The maximum absolute atomic E-state index is 6.12. The van der Waals surface area contributed by atoms with Crippen LogP contribution in [0.5, 0.6) is 0 Å². The van der Waals surface area contributed by atoms with Crippen molar-refractivity contribution in [3.8, 4) is 0 Å². The van der Waals surface area contributed by atoms with E-state index in [0.717, 1.165) is 73.3 Å². The maximum Gasteiger partial charge on any atom is 0.225 e. The van der Waals surface area contributed by atoms with Gasteiger partial charge < -0.3 is 14.1 Å². The zero-order chi connectivity index (χ0) is 22.9. The molecule has 2 aromatic rings. The Morgan fingerprint density at radius 3 is 2.44 bits per heavy atom. The molecule has 0 aromatic carbocycles. The summed E-state index contributed by atoms with van der Waals surface area (Å²) in [6.45, 7) is 19.0. The number of nitrogens with zero attached hydrogens (tertiary/aromatic N) is 4. The van der Waals surface area contributed by atoms with Gasteiger partial charge in [-0.05, 0) is 32.4 Å². The van der Waals surface area contributed by atoms with Gasteiger partial charge in [-0.1, -0.05) is 43.9 Å². The molecule has 0 spiro atoms. The number of ether oxygens (including phenoxy) is 1. The van der Waals surface area contributed by atoms with Crippen LogP contribution in [0, 0.1) is 0 Å². The molecule has 2 aromatic heterocycles. The van der Waals surface area contributed by atoms with Crippen molar-refractivity contribution in [3.63, 3.8) is 0 Å². The Bertz CT molecular complexity index is 964. The van der Waals surface area contributed by atoms with Crippen LogP contribution in [0.15, 0.2) is 65.9 Å². The Balaban J connectivity index is 1.53. The summed E-state index contributed by atoms with van der Waals surface area (Å²) in [5.74, 6) is 3.22. The van der Waals surface area contributed by atoms with Crippen LogP contribution in [0.3, 0.4) is 0 Å². The zero-order valence-corrected chi connectivity index (χ0v) is 19.5. The van der Waals surface area contributed by atoms with Gasteiger partial charge in [0, 0.05) is 44.1 Å².